The molecule has 23 heavy (non-hydrogen) atoms. The molecule has 4 rings (SSSR count). The molecule has 0 atom stereocenters. The van der Waals surface area contributed by atoms with E-state index in [2.05, 4.69) is 9.80 Å². The Morgan fingerprint density at radius 2 is 1.26 bits per heavy atom. The lowest BCUT2D eigenvalue weighted by Crippen LogP contribution is -2.28. The first kappa shape index (κ1) is 14.4. The highest BCUT2D eigenvalue weighted by Gasteiger charge is 2.17. The third kappa shape index (κ3) is 2.98. The molecule has 0 aliphatic carbocycles. The minimum absolute atomic E-state index is 0.630. The first-order valence-corrected chi connectivity index (χ1v) is 7.74. The number of rotatable bonds is 2. The van der Waals surface area contributed by atoms with Gasteiger partial charge in [-0.05, 0) is 50.5 Å². The highest BCUT2D eigenvalue weighted by molar-refractivity contribution is 5.45. The number of ether oxygens (including phenoxy) is 3. The second-order valence-electron chi connectivity index (χ2n) is 6.22. The third-order valence-electron chi connectivity index (χ3n) is 4.06. The zero-order chi connectivity index (χ0) is 15.8. The Morgan fingerprint density at radius 1 is 0.783 bits per heavy atom. The maximum Gasteiger partial charge on any atom is 0.142 e. The second-order valence-corrected chi connectivity index (χ2v) is 6.22. The normalized spacial score (nSPS) is 17.7. The van der Waals surface area contributed by atoms with E-state index in [0.29, 0.717) is 13.5 Å². The van der Waals surface area contributed by atoms with E-state index in [4.69, 9.17) is 14.2 Å². The van der Waals surface area contributed by atoms with Crippen molar-refractivity contribution >= 4 is 0 Å². The summed E-state index contributed by atoms with van der Waals surface area (Å²) in [5, 5.41) is 0. The second kappa shape index (κ2) is 5.76. The lowest BCUT2D eigenvalue weighted by molar-refractivity contribution is 0.121. The van der Waals surface area contributed by atoms with Crippen molar-refractivity contribution in [2.75, 3.05) is 27.6 Å². The van der Waals surface area contributed by atoms with Gasteiger partial charge in [-0.15, -0.1) is 0 Å². The van der Waals surface area contributed by atoms with Crippen LogP contribution in [-0.2, 0) is 13.1 Å². The fraction of sp³-hybridized carbons (Fsp3) is 0.333. The molecule has 2 aliphatic rings. The third-order valence-corrected chi connectivity index (χ3v) is 4.06. The van der Waals surface area contributed by atoms with Gasteiger partial charge in [-0.2, -0.15) is 0 Å². The van der Waals surface area contributed by atoms with E-state index < -0.39 is 0 Å². The molecule has 0 fully saturated rings. The van der Waals surface area contributed by atoms with Gasteiger partial charge in [0.1, 0.15) is 36.5 Å². The first-order valence-electron chi connectivity index (χ1n) is 7.74. The number of hydrogen-bond acceptors (Lipinski definition) is 5. The standard InChI is InChI=1S/C18H20N2O3/c1-19-9-13-7-15(3-5-17(13)21-11-19)23-16-4-6-18-14(8-16)10-20(2)12-22-18/h3-8H,9-12H2,1-2H3. The number of benzene rings is 2. The maximum atomic E-state index is 6.03. The van der Waals surface area contributed by atoms with Crippen LogP contribution < -0.4 is 14.2 Å². The topological polar surface area (TPSA) is 34.2 Å². The monoisotopic (exact) mass is 312 g/mol. The molecular weight excluding hydrogens is 292 g/mol. The molecule has 0 saturated carbocycles. The van der Waals surface area contributed by atoms with Gasteiger partial charge in [0.2, 0.25) is 0 Å². The minimum atomic E-state index is 0.630. The molecule has 0 saturated heterocycles. The largest absolute Gasteiger partial charge is 0.478 e. The first-order chi connectivity index (χ1) is 11.2. The van der Waals surface area contributed by atoms with Crippen LogP contribution in [0, 0.1) is 0 Å². The Morgan fingerprint density at radius 3 is 1.74 bits per heavy atom. The summed E-state index contributed by atoms with van der Waals surface area (Å²) in [5.74, 6) is 3.53. The van der Waals surface area contributed by atoms with Crippen molar-refractivity contribution in [3.8, 4) is 23.0 Å². The molecule has 0 bridgehead atoms. The van der Waals surface area contributed by atoms with Crippen LogP contribution in [0.1, 0.15) is 11.1 Å². The van der Waals surface area contributed by atoms with E-state index in [1.807, 2.05) is 50.5 Å². The van der Waals surface area contributed by atoms with Gasteiger partial charge in [-0.3, -0.25) is 9.80 Å². The van der Waals surface area contributed by atoms with Crippen LogP contribution in [0.5, 0.6) is 23.0 Å². The summed E-state index contributed by atoms with van der Waals surface area (Å²) < 4.78 is 17.4. The highest BCUT2D eigenvalue weighted by Crippen LogP contribution is 2.33. The molecule has 0 N–H and O–H groups in total. The van der Waals surface area contributed by atoms with Crippen molar-refractivity contribution in [2.45, 2.75) is 13.1 Å². The van der Waals surface area contributed by atoms with Gasteiger partial charge in [0.05, 0.1) is 0 Å². The van der Waals surface area contributed by atoms with Crippen LogP contribution in [0.4, 0.5) is 0 Å². The van der Waals surface area contributed by atoms with E-state index in [9.17, 15) is 0 Å². The Labute approximate surface area is 136 Å². The zero-order valence-corrected chi connectivity index (χ0v) is 13.4. The molecule has 2 aromatic carbocycles. The fourth-order valence-electron chi connectivity index (χ4n) is 2.94. The Hall–Kier alpha value is -2.24. The summed E-state index contributed by atoms with van der Waals surface area (Å²) in [6.45, 7) is 3.00. The van der Waals surface area contributed by atoms with E-state index in [1.165, 1.54) is 0 Å². The van der Waals surface area contributed by atoms with Crippen LogP contribution in [0.25, 0.3) is 0 Å². The average molecular weight is 312 g/mol. The summed E-state index contributed by atoms with van der Waals surface area (Å²) in [6, 6.07) is 12.0. The number of nitrogens with zero attached hydrogens (tertiary/aromatic N) is 2. The van der Waals surface area contributed by atoms with E-state index in [0.717, 1.165) is 47.2 Å². The summed E-state index contributed by atoms with van der Waals surface area (Å²) in [4.78, 5) is 4.25. The lowest BCUT2D eigenvalue weighted by Gasteiger charge is -2.26. The van der Waals surface area contributed by atoms with Crippen LogP contribution in [0.15, 0.2) is 36.4 Å². The number of hydrogen-bond donors (Lipinski definition) is 0. The highest BCUT2D eigenvalue weighted by atomic mass is 16.5. The van der Waals surface area contributed by atoms with Crippen LogP contribution in [-0.4, -0.2) is 37.4 Å². The lowest BCUT2D eigenvalue weighted by atomic mass is 10.1. The SMILES string of the molecule is CN1COc2ccc(Oc3ccc4c(c3)CN(C)CO4)cc2C1. The van der Waals surface area contributed by atoms with Crippen LogP contribution in [0.2, 0.25) is 0 Å². The molecule has 0 spiro atoms. The quantitative estimate of drug-likeness (QED) is 0.851. The summed E-state index contributed by atoms with van der Waals surface area (Å²) in [5.41, 5.74) is 2.30. The molecule has 2 aromatic rings. The van der Waals surface area contributed by atoms with Gasteiger partial charge in [-0.25, -0.2) is 0 Å². The molecule has 0 amide bonds. The summed E-state index contributed by atoms with van der Waals surface area (Å²) in [6.07, 6.45) is 0. The van der Waals surface area contributed by atoms with Gasteiger partial charge < -0.3 is 14.2 Å². The summed E-state index contributed by atoms with van der Waals surface area (Å²) in [7, 11) is 4.08. The smallest absolute Gasteiger partial charge is 0.142 e. The predicted octanol–water partition coefficient (Wildman–Crippen LogP) is 3.04. The predicted molar refractivity (Wildman–Crippen MR) is 86.9 cm³/mol. The van der Waals surface area contributed by atoms with E-state index in [-0.39, 0.29) is 0 Å². The Balaban J connectivity index is 1.56. The minimum Gasteiger partial charge on any atom is -0.478 e. The fourth-order valence-corrected chi connectivity index (χ4v) is 2.94. The van der Waals surface area contributed by atoms with Gasteiger partial charge in [0, 0.05) is 24.2 Å². The molecule has 0 aromatic heterocycles. The molecular formula is C18H20N2O3. The van der Waals surface area contributed by atoms with Gasteiger partial charge >= 0.3 is 0 Å². The molecule has 120 valence electrons. The maximum absolute atomic E-state index is 6.03. The molecule has 5 heteroatoms. The Bertz CT molecular complexity index is 671. The molecule has 0 radical (unpaired) electrons. The molecule has 0 unspecified atom stereocenters. The van der Waals surface area contributed by atoms with Crippen molar-refractivity contribution in [1.82, 2.24) is 9.80 Å². The van der Waals surface area contributed by atoms with Crippen molar-refractivity contribution in [2.24, 2.45) is 0 Å². The van der Waals surface area contributed by atoms with E-state index in [1.54, 1.807) is 0 Å². The van der Waals surface area contributed by atoms with Crippen LogP contribution >= 0.6 is 0 Å². The van der Waals surface area contributed by atoms with Crippen molar-refractivity contribution in [3.63, 3.8) is 0 Å². The molecule has 2 heterocycles. The zero-order valence-electron chi connectivity index (χ0n) is 13.4. The number of fused-ring (bicyclic) bond motifs is 2. The van der Waals surface area contributed by atoms with E-state index >= 15 is 0 Å². The Kier molecular flexibility index (Phi) is 3.59. The van der Waals surface area contributed by atoms with Gasteiger partial charge in [0.25, 0.3) is 0 Å². The van der Waals surface area contributed by atoms with Crippen molar-refractivity contribution in [1.29, 1.82) is 0 Å². The van der Waals surface area contributed by atoms with Gasteiger partial charge in [-0.1, -0.05) is 0 Å². The van der Waals surface area contributed by atoms with Crippen LogP contribution in [0.3, 0.4) is 0 Å². The van der Waals surface area contributed by atoms with Crippen molar-refractivity contribution in [3.05, 3.63) is 47.5 Å². The van der Waals surface area contributed by atoms with Crippen molar-refractivity contribution < 1.29 is 14.2 Å². The average Bonchev–Trinajstić information content (AvgIpc) is 2.54. The summed E-state index contributed by atoms with van der Waals surface area (Å²) >= 11 is 0. The van der Waals surface area contributed by atoms with Gasteiger partial charge in [0.15, 0.2) is 0 Å². The molecule has 5 nitrogen and oxygen atoms in total. The molecule has 2 aliphatic heterocycles.